The molecule has 1 aromatic carbocycles. The Morgan fingerprint density at radius 1 is 1.33 bits per heavy atom. The number of unbranched alkanes of at least 4 members (excludes halogenated alkanes) is 1. The minimum atomic E-state index is 0.595. The Labute approximate surface area is 111 Å². The van der Waals surface area contributed by atoms with E-state index in [0.29, 0.717) is 6.42 Å². The summed E-state index contributed by atoms with van der Waals surface area (Å²) >= 11 is 1.65. The van der Waals surface area contributed by atoms with Gasteiger partial charge in [0.25, 0.3) is 0 Å². The number of hydrogen-bond donors (Lipinski definition) is 0. The van der Waals surface area contributed by atoms with Crippen LogP contribution >= 0.6 is 11.3 Å². The van der Waals surface area contributed by atoms with Gasteiger partial charge in [-0.2, -0.15) is 5.26 Å². The lowest BCUT2D eigenvalue weighted by atomic mass is 10.2. The summed E-state index contributed by atoms with van der Waals surface area (Å²) in [4.78, 5) is 4.58. The standard InChI is InChI=1S/C14H14N2OS/c1-17-12-7-5-11(6-8-12)13-10-18-14(16-13)4-2-3-9-15/h5-8,10H,2-4H2,1H3. The summed E-state index contributed by atoms with van der Waals surface area (Å²) in [6.45, 7) is 0. The van der Waals surface area contributed by atoms with E-state index in [9.17, 15) is 0 Å². The second kappa shape index (κ2) is 6.18. The highest BCUT2D eigenvalue weighted by Crippen LogP contribution is 2.24. The fraction of sp³-hybridized carbons (Fsp3) is 0.286. The van der Waals surface area contributed by atoms with Gasteiger partial charge >= 0.3 is 0 Å². The first-order valence-corrected chi connectivity index (χ1v) is 6.67. The van der Waals surface area contributed by atoms with Gasteiger partial charge in [-0.05, 0) is 30.7 Å². The van der Waals surface area contributed by atoms with Crippen molar-refractivity contribution in [2.75, 3.05) is 7.11 Å². The molecule has 0 fully saturated rings. The van der Waals surface area contributed by atoms with Crippen LogP contribution in [0.25, 0.3) is 11.3 Å². The summed E-state index contributed by atoms with van der Waals surface area (Å²) < 4.78 is 5.13. The summed E-state index contributed by atoms with van der Waals surface area (Å²) in [6, 6.07) is 10.0. The SMILES string of the molecule is COc1ccc(-c2csc(CCCC#N)n2)cc1. The third-order valence-corrected chi connectivity index (χ3v) is 3.53. The maximum Gasteiger partial charge on any atom is 0.118 e. The number of nitrogens with zero attached hydrogens (tertiary/aromatic N) is 2. The number of nitriles is 1. The molecule has 0 aliphatic rings. The van der Waals surface area contributed by atoms with Crippen molar-refractivity contribution in [1.82, 2.24) is 4.98 Å². The molecular weight excluding hydrogens is 244 g/mol. The van der Waals surface area contributed by atoms with E-state index >= 15 is 0 Å². The monoisotopic (exact) mass is 258 g/mol. The fourth-order valence-electron chi connectivity index (χ4n) is 1.64. The average molecular weight is 258 g/mol. The van der Waals surface area contributed by atoms with Crippen molar-refractivity contribution in [3.8, 4) is 23.1 Å². The van der Waals surface area contributed by atoms with E-state index in [0.717, 1.165) is 34.9 Å². The first kappa shape index (κ1) is 12.6. The molecule has 4 heteroatoms. The molecule has 0 radical (unpaired) electrons. The van der Waals surface area contributed by atoms with Crippen LogP contribution in [0.2, 0.25) is 0 Å². The number of rotatable bonds is 5. The van der Waals surface area contributed by atoms with E-state index in [1.165, 1.54) is 0 Å². The van der Waals surface area contributed by atoms with Gasteiger partial charge in [-0.15, -0.1) is 11.3 Å². The molecule has 0 spiro atoms. The van der Waals surface area contributed by atoms with E-state index < -0.39 is 0 Å². The van der Waals surface area contributed by atoms with Crippen molar-refractivity contribution < 1.29 is 4.74 Å². The zero-order chi connectivity index (χ0) is 12.8. The van der Waals surface area contributed by atoms with Crippen LogP contribution in [0.5, 0.6) is 5.75 Å². The number of aryl methyl sites for hydroxylation is 1. The predicted molar refractivity (Wildman–Crippen MR) is 72.7 cm³/mol. The van der Waals surface area contributed by atoms with Crippen LogP contribution in [0.3, 0.4) is 0 Å². The Morgan fingerprint density at radius 2 is 2.11 bits per heavy atom. The summed E-state index contributed by atoms with van der Waals surface area (Å²) in [7, 11) is 1.66. The third kappa shape index (κ3) is 3.08. The van der Waals surface area contributed by atoms with Crippen molar-refractivity contribution in [2.45, 2.75) is 19.3 Å². The Hall–Kier alpha value is -1.86. The molecule has 0 unspecified atom stereocenters. The second-order valence-electron chi connectivity index (χ2n) is 3.87. The van der Waals surface area contributed by atoms with Crippen LogP contribution in [-0.4, -0.2) is 12.1 Å². The number of aromatic nitrogens is 1. The Morgan fingerprint density at radius 3 is 2.78 bits per heavy atom. The van der Waals surface area contributed by atoms with Gasteiger partial charge in [0, 0.05) is 23.8 Å². The van der Waals surface area contributed by atoms with Crippen molar-refractivity contribution in [1.29, 1.82) is 5.26 Å². The average Bonchev–Trinajstić information content (AvgIpc) is 2.88. The van der Waals surface area contributed by atoms with Crippen LogP contribution < -0.4 is 4.74 Å². The zero-order valence-corrected chi connectivity index (χ0v) is 11.0. The fourth-order valence-corrected chi connectivity index (χ4v) is 2.49. The number of benzene rings is 1. The zero-order valence-electron chi connectivity index (χ0n) is 10.2. The maximum absolute atomic E-state index is 8.50. The topological polar surface area (TPSA) is 45.9 Å². The van der Waals surface area contributed by atoms with Gasteiger partial charge < -0.3 is 4.74 Å². The van der Waals surface area contributed by atoms with Crippen molar-refractivity contribution in [3.63, 3.8) is 0 Å². The largest absolute Gasteiger partial charge is 0.497 e. The molecular formula is C14H14N2OS. The van der Waals surface area contributed by atoms with E-state index in [2.05, 4.69) is 16.4 Å². The highest BCUT2D eigenvalue weighted by atomic mass is 32.1. The molecule has 2 aromatic rings. The van der Waals surface area contributed by atoms with Gasteiger partial charge in [0.2, 0.25) is 0 Å². The van der Waals surface area contributed by atoms with Crippen LogP contribution in [0.4, 0.5) is 0 Å². The summed E-state index contributed by atoms with van der Waals surface area (Å²) in [5, 5.41) is 11.7. The van der Waals surface area contributed by atoms with E-state index in [-0.39, 0.29) is 0 Å². The molecule has 0 bridgehead atoms. The third-order valence-electron chi connectivity index (χ3n) is 2.62. The summed E-state index contributed by atoms with van der Waals surface area (Å²) in [5.41, 5.74) is 2.09. The lowest BCUT2D eigenvalue weighted by Crippen LogP contribution is -1.85. The molecule has 0 atom stereocenters. The molecule has 2 rings (SSSR count). The van der Waals surface area contributed by atoms with Gasteiger partial charge in [-0.1, -0.05) is 0 Å². The number of methoxy groups -OCH3 is 1. The Balaban J connectivity index is 2.06. The Kier molecular flexibility index (Phi) is 4.32. The van der Waals surface area contributed by atoms with Crippen LogP contribution in [0.15, 0.2) is 29.6 Å². The lowest BCUT2D eigenvalue weighted by molar-refractivity contribution is 0.415. The summed E-state index contributed by atoms with van der Waals surface area (Å²) in [6.07, 6.45) is 2.36. The van der Waals surface area contributed by atoms with Crippen LogP contribution in [0.1, 0.15) is 17.8 Å². The van der Waals surface area contributed by atoms with Crippen molar-refractivity contribution in [2.24, 2.45) is 0 Å². The highest BCUT2D eigenvalue weighted by Gasteiger charge is 2.04. The molecule has 0 saturated heterocycles. The number of ether oxygens (including phenoxy) is 1. The molecule has 0 amide bonds. The molecule has 0 N–H and O–H groups in total. The lowest BCUT2D eigenvalue weighted by Gasteiger charge is -2.00. The molecule has 1 aromatic heterocycles. The van der Waals surface area contributed by atoms with Gasteiger partial charge in [-0.25, -0.2) is 4.98 Å². The molecule has 1 heterocycles. The van der Waals surface area contributed by atoms with Gasteiger partial charge in [0.05, 0.1) is 23.9 Å². The number of hydrogen-bond acceptors (Lipinski definition) is 4. The van der Waals surface area contributed by atoms with Crippen LogP contribution in [0, 0.1) is 11.3 Å². The van der Waals surface area contributed by atoms with E-state index in [1.54, 1.807) is 18.4 Å². The first-order valence-electron chi connectivity index (χ1n) is 5.79. The predicted octanol–water partition coefficient (Wildman–Crippen LogP) is 3.66. The molecule has 0 aliphatic carbocycles. The van der Waals surface area contributed by atoms with Gasteiger partial charge in [0.1, 0.15) is 5.75 Å². The second-order valence-corrected chi connectivity index (χ2v) is 4.81. The molecule has 92 valence electrons. The maximum atomic E-state index is 8.50. The molecule has 0 saturated carbocycles. The highest BCUT2D eigenvalue weighted by molar-refractivity contribution is 7.09. The van der Waals surface area contributed by atoms with Crippen molar-refractivity contribution in [3.05, 3.63) is 34.7 Å². The normalized spacial score (nSPS) is 10.0. The Bertz CT molecular complexity index is 540. The summed E-state index contributed by atoms with van der Waals surface area (Å²) in [5.74, 6) is 0.850. The minimum absolute atomic E-state index is 0.595. The van der Waals surface area contributed by atoms with Crippen LogP contribution in [-0.2, 0) is 6.42 Å². The van der Waals surface area contributed by atoms with Gasteiger partial charge in [0.15, 0.2) is 0 Å². The molecule has 3 nitrogen and oxygen atoms in total. The quantitative estimate of drug-likeness (QED) is 0.769. The first-order chi connectivity index (χ1) is 8.83. The van der Waals surface area contributed by atoms with Gasteiger partial charge in [-0.3, -0.25) is 0 Å². The van der Waals surface area contributed by atoms with E-state index in [4.69, 9.17) is 10.00 Å². The molecule has 0 aliphatic heterocycles. The van der Waals surface area contributed by atoms with E-state index in [1.807, 2.05) is 24.3 Å². The minimum Gasteiger partial charge on any atom is -0.497 e. The smallest absolute Gasteiger partial charge is 0.118 e. The number of thiazole rings is 1. The molecule has 18 heavy (non-hydrogen) atoms. The van der Waals surface area contributed by atoms with Crippen molar-refractivity contribution >= 4 is 11.3 Å².